The van der Waals surface area contributed by atoms with E-state index in [-0.39, 0.29) is 16.1 Å². The van der Waals surface area contributed by atoms with Crippen LogP contribution in [0.5, 0.6) is 0 Å². The molecular weight excluding hydrogens is 611 g/mol. The van der Waals surface area contributed by atoms with Crippen LogP contribution in [0.25, 0.3) is 0 Å². The van der Waals surface area contributed by atoms with Gasteiger partial charge in [0, 0.05) is 15.9 Å². The van der Waals surface area contributed by atoms with Crippen molar-refractivity contribution in [2.45, 2.75) is 161 Å². The summed E-state index contributed by atoms with van der Waals surface area (Å²) in [5.74, 6) is 2.35. The molecule has 4 aliphatic carbocycles. The van der Waals surface area contributed by atoms with E-state index in [1.807, 2.05) is 5.57 Å². The van der Waals surface area contributed by atoms with Crippen molar-refractivity contribution in [3.8, 4) is 0 Å². The van der Waals surface area contributed by atoms with Gasteiger partial charge in [0.05, 0.1) is 5.60 Å². The molecule has 0 bridgehead atoms. The summed E-state index contributed by atoms with van der Waals surface area (Å²) in [4.78, 5) is 0. The largest absolute Gasteiger partial charge is 0.414 e. The molecule has 0 radical (unpaired) electrons. The first-order valence-electron chi connectivity index (χ1n) is 15.9. The highest BCUT2D eigenvalue weighted by Gasteiger charge is 2.64. The van der Waals surface area contributed by atoms with E-state index in [4.69, 9.17) is 8.85 Å². The molecule has 0 spiro atoms. The van der Waals surface area contributed by atoms with Crippen LogP contribution in [0.1, 0.15) is 113 Å². The fourth-order valence-electron chi connectivity index (χ4n) is 8.70. The lowest BCUT2D eigenvalue weighted by molar-refractivity contribution is -0.0793. The van der Waals surface area contributed by atoms with Gasteiger partial charge in [0.1, 0.15) is 0 Å². The average Bonchev–Trinajstić information content (AvgIpc) is 3.04. The molecule has 0 aliphatic heterocycles. The zero-order valence-electron chi connectivity index (χ0n) is 27.2. The Hall–Kier alpha value is 0.824. The Kier molecular flexibility index (Phi) is 8.54. The highest BCUT2D eigenvalue weighted by Crippen LogP contribution is 2.68. The number of rotatable bonds is 6. The molecule has 0 saturated heterocycles. The smallest absolute Gasteiger partial charge is 0.192 e. The summed E-state index contributed by atoms with van der Waals surface area (Å²) in [6.07, 6.45) is 15.0. The van der Waals surface area contributed by atoms with Gasteiger partial charge in [0.15, 0.2) is 16.6 Å². The summed E-state index contributed by atoms with van der Waals surface area (Å²) in [7, 11) is -3.58. The molecule has 0 amide bonds. The maximum atomic E-state index is 7.56. The Morgan fingerprint density at radius 3 is 2.11 bits per heavy atom. The molecule has 0 heterocycles. The van der Waals surface area contributed by atoms with Crippen LogP contribution in [0.15, 0.2) is 11.6 Å². The molecule has 5 heteroatoms. The highest BCUT2D eigenvalue weighted by atomic mass is 127. The molecule has 0 aromatic rings. The fraction of sp³-hybridized carbons (Fsp3) is 0.939. The second-order valence-electron chi connectivity index (χ2n) is 17.3. The molecule has 7 atom stereocenters. The summed E-state index contributed by atoms with van der Waals surface area (Å²) in [6.45, 7) is 29.6. The van der Waals surface area contributed by atoms with Gasteiger partial charge in [-0.05, 0) is 117 Å². The van der Waals surface area contributed by atoms with Gasteiger partial charge in [0.25, 0.3) is 0 Å². The zero-order chi connectivity index (χ0) is 28.6. The third kappa shape index (κ3) is 5.15. The molecule has 4 rings (SSSR count). The van der Waals surface area contributed by atoms with Gasteiger partial charge in [-0.25, -0.2) is 0 Å². The number of allylic oxidation sites excluding steroid dienone is 2. The lowest BCUT2D eigenvalue weighted by Crippen LogP contribution is -2.58. The standard InChI is InChI=1S/C33H61IO2Si2/c1-29(2,3)37(9,10)35-25-15-18-31(7)24(23-25)13-14-26-27(31)16-19-32(8)28(26)17-20-33(32,21-22-34)36-38(11,12)30(4,5)6/h16,24-26,28H,13-15,17-23H2,1-12H3/t24?,25?,26-,28+,31+,32+,33?/m1/s1. The van der Waals surface area contributed by atoms with Crippen LogP contribution in [0.2, 0.25) is 36.3 Å². The molecule has 220 valence electrons. The molecule has 38 heavy (non-hydrogen) atoms. The van der Waals surface area contributed by atoms with Crippen LogP contribution < -0.4 is 0 Å². The molecule has 0 aromatic carbocycles. The first kappa shape index (κ1) is 31.8. The lowest BCUT2D eigenvalue weighted by atomic mass is 9.48. The van der Waals surface area contributed by atoms with E-state index in [1.54, 1.807) is 0 Å². The molecule has 2 nitrogen and oxygen atoms in total. The van der Waals surface area contributed by atoms with Crippen LogP contribution in [-0.4, -0.2) is 32.8 Å². The van der Waals surface area contributed by atoms with Gasteiger partial charge < -0.3 is 8.85 Å². The molecule has 3 saturated carbocycles. The summed E-state index contributed by atoms with van der Waals surface area (Å²) >= 11 is 2.62. The van der Waals surface area contributed by atoms with E-state index in [0.717, 1.165) is 17.8 Å². The summed E-state index contributed by atoms with van der Waals surface area (Å²) < 4.78 is 15.7. The second-order valence-corrected chi connectivity index (χ2v) is 27.9. The monoisotopic (exact) mass is 672 g/mol. The van der Waals surface area contributed by atoms with Gasteiger partial charge in [-0.15, -0.1) is 0 Å². The van der Waals surface area contributed by atoms with Crippen molar-refractivity contribution >= 4 is 39.2 Å². The van der Waals surface area contributed by atoms with Crippen LogP contribution >= 0.6 is 22.6 Å². The topological polar surface area (TPSA) is 18.5 Å². The minimum absolute atomic E-state index is 0.0519. The van der Waals surface area contributed by atoms with Crippen molar-refractivity contribution in [1.82, 2.24) is 0 Å². The number of fused-ring (bicyclic) bond motifs is 5. The third-order valence-corrected chi connectivity index (χ3v) is 22.9. The number of alkyl halides is 1. The number of hydrogen-bond acceptors (Lipinski definition) is 2. The summed E-state index contributed by atoms with van der Waals surface area (Å²) in [5.41, 5.74) is 2.57. The Balaban J connectivity index is 1.59. The molecule has 3 fully saturated rings. The van der Waals surface area contributed by atoms with Gasteiger partial charge in [0.2, 0.25) is 0 Å². The van der Waals surface area contributed by atoms with Crippen LogP contribution in [0.4, 0.5) is 0 Å². The van der Waals surface area contributed by atoms with E-state index >= 15 is 0 Å². The molecule has 3 unspecified atom stereocenters. The quantitative estimate of drug-likeness (QED) is 0.121. The van der Waals surface area contributed by atoms with E-state index in [1.165, 1.54) is 62.2 Å². The number of hydrogen-bond donors (Lipinski definition) is 0. The second kappa shape index (κ2) is 10.2. The third-order valence-electron chi connectivity index (χ3n) is 13.3. The molecule has 0 aromatic heterocycles. The van der Waals surface area contributed by atoms with E-state index < -0.39 is 16.6 Å². The van der Waals surface area contributed by atoms with Crippen molar-refractivity contribution in [3.05, 3.63) is 11.6 Å². The minimum Gasteiger partial charge on any atom is -0.414 e. The highest BCUT2D eigenvalue weighted by molar-refractivity contribution is 14.1. The van der Waals surface area contributed by atoms with Gasteiger partial charge in [-0.2, -0.15) is 0 Å². The van der Waals surface area contributed by atoms with E-state index in [2.05, 4.69) is 110 Å². The minimum atomic E-state index is -1.86. The Bertz CT molecular complexity index is 915. The fourth-order valence-corrected chi connectivity index (χ4v) is 12.7. The predicted molar refractivity (Wildman–Crippen MR) is 178 cm³/mol. The first-order chi connectivity index (χ1) is 17.2. The first-order valence-corrected chi connectivity index (χ1v) is 23.2. The van der Waals surface area contributed by atoms with Gasteiger partial charge in [-0.1, -0.05) is 89.6 Å². The Morgan fingerprint density at radius 2 is 1.53 bits per heavy atom. The lowest BCUT2D eigenvalue weighted by Gasteiger charge is -2.60. The summed E-state index contributed by atoms with van der Waals surface area (Å²) in [5, 5.41) is 0.549. The van der Waals surface area contributed by atoms with Crippen molar-refractivity contribution in [2.75, 3.05) is 4.43 Å². The summed E-state index contributed by atoms with van der Waals surface area (Å²) in [6, 6.07) is 0. The Morgan fingerprint density at radius 1 is 0.895 bits per heavy atom. The maximum Gasteiger partial charge on any atom is 0.192 e. The SMILES string of the molecule is CC(C)(C)[Si](C)(C)OC1CC[C@]2(C)C3=CC[C@@]4(C)[C@@H](CCC4(CCI)O[Si](C)(C)C(C)(C)C)[C@@H]3CCC2C1. The zero-order valence-corrected chi connectivity index (χ0v) is 31.3. The van der Waals surface area contributed by atoms with E-state index in [9.17, 15) is 0 Å². The van der Waals surface area contributed by atoms with Gasteiger partial charge >= 0.3 is 0 Å². The van der Waals surface area contributed by atoms with Gasteiger partial charge in [-0.3, -0.25) is 0 Å². The maximum absolute atomic E-state index is 7.56. The normalized spacial score (nSPS) is 40.3. The van der Waals surface area contributed by atoms with Crippen molar-refractivity contribution in [3.63, 3.8) is 0 Å². The predicted octanol–water partition coefficient (Wildman–Crippen LogP) is 10.9. The average molecular weight is 673 g/mol. The van der Waals surface area contributed by atoms with Crippen LogP contribution in [0, 0.1) is 28.6 Å². The molecule has 0 N–H and O–H groups in total. The molecule has 4 aliphatic rings. The molecular formula is C33H61IO2Si2. The van der Waals surface area contributed by atoms with Crippen molar-refractivity contribution in [1.29, 1.82) is 0 Å². The van der Waals surface area contributed by atoms with Crippen molar-refractivity contribution in [2.24, 2.45) is 28.6 Å². The van der Waals surface area contributed by atoms with Crippen molar-refractivity contribution < 1.29 is 8.85 Å². The van der Waals surface area contributed by atoms with E-state index in [0.29, 0.717) is 16.6 Å². The Labute approximate surface area is 252 Å². The van der Waals surface area contributed by atoms with Crippen LogP contribution in [0.3, 0.4) is 0 Å². The number of halogens is 1. The van der Waals surface area contributed by atoms with Crippen LogP contribution in [-0.2, 0) is 8.85 Å².